The second kappa shape index (κ2) is 6.62. The van der Waals surface area contributed by atoms with Crippen LogP contribution in [0.15, 0.2) is 35.4 Å². The number of thiazole rings is 1. The predicted octanol–water partition coefficient (Wildman–Crippen LogP) is 2.17. The van der Waals surface area contributed by atoms with Crippen molar-refractivity contribution in [3.8, 4) is 0 Å². The molecule has 1 aromatic carbocycles. The van der Waals surface area contributed by atoms with E-state index in [-0.39, 0.29) is 10.7 Å². The Morgan fingerprint density at radius 1 is 1.12 bits per heavy atom. The number of ketones is 1. The van der Waals surface area contributed by atoms with Crippen LogP contribution in [0, 0.1) is 6.92 Å². The highest BCUT2D eigenvalue weighted by Crippen LogP contribution is 2.25. The van der Waals surface area contributed by atoms with Gasteiger partial charge in [0.2, 0.25) is 10.0 Å². The van der Waals surface area contributed by atoms with Gasteiger partial charge in [-0.3, -0.25) is 4.79 Å². The fourth-order valence-corrected chi connectivity index (χ4v) is 4.85. The lowest BCUT2D eigenvalue weighted by Crippen LogP contribution is -2.48. The Labute approximate surface area is 145 Å². The molecule has 0 spiro atoms. The van der Waals surface area contributed by atoms with Gasteiger partial charge in [-0.15, -0.1) is 11.3 Å². The molecule has 2 heterocycles. The van der Waals surface area contributed by atoms with E-state index in [0.29, 0.717) is 31.7 Å². The van der Waals surface area contributed by atoms with Gasteiger partial charge in [-0.25, -0.2) is 13.4 Å². The van der Waals surface area contributed by atoms with Crippen LogP contribution in [0.4, 0.5) is 5.13 Å². The maximum atomic E-state index is 12.7. The minimum Gasteiger partial charge on any atom is -0.345 e. The number of benzene rings is 1. The van der Waals surface area contributed by atoms with Gasteiger partial charge in [-0.2, -0.15) is 4.31 Å². The molecule has 8 heteroatoms. The first kappa shape index (κ1) is 17.1. The minimum atomic E-state index is -3.53. The molecule has 0 aliphatic carbocycles. The van der Waals surface area contributed by atoms with E-state index in [1.807, 2.05) is 13.1 Å². The predicted molar refractivity (Wildman–Crippen MR) is 94.3 cm³/mol. The Bertz CT molecular complexity index is 836. The number of Topliss-reactive ketones (excluding diaryl/α,β-unsaturated/α-hetero) is 1. The standard InChI is InChI=1S/C16H19N3O3S2/c1-12-11-17-16(23-12)18-7-9-19(10-8-18)24(21,22)15-5-3-14(4-6-15)13(2)20/h3-6,11H,7-10H2,1-2H3. The summed E-state index contributed by atoms with van der Waals surface area (Å²) >= 11 is 1.62. The molecule has 0 amide bonds. The minimum absolute atomic E-state index is 0.0775. The summed E-state index contributed by atoms with van der Waals surface area (Å²) in [5, 5.41) is 0.940. The van der Waals surface area contributed by atoms with Crippen molar-refractivity contribution in [3.05, 3.63) is 40.9 Å². The van der Waals surface area contributed by atoms with Crippen LogP contribution >= 0.6 is 11.3 Å². The number of piperazine rings is 1. The zero-order valence-corrected chi connectivity index (χ0v) is 15.2. The van der Waals surface area contributed by atoms with Gasteiger partial charge in [0.1, 0.15) is 0 Å². The monoisotopic (exact) mass is 365 g/mol. The van der Waals surface area contributed by atoms with Crippen LogP contribution in [0.3, 0.4) is 0 Å². The fraction of sp³-hybridized carbons (Fsp3) is 0.375. The smallest absolute Gasteiger partial charge is 0.243 e. The van der Waals surface area contributed by atoms with E-state index in [9.17, 15) is 13.2 Å². The summed E-state index contributed by atoms with van der Waals surface area (Å²) in [7, 11) is -3.53. The molecule has 2 aromatic rings. The summed E-state index contributed by atoms with van der Waals surface area (Å²) in [6.45, 7) is 5.57. The highest BCUT2D eigenvalue weighted by atomic mass is 32.2. The van der Waals surface area contributed by atoms with Gasteiger partial charge in [0.25, 0.3) is 0 Å². The van der Waals surface area contributed by atoms with Crippen LogP contribution in [0.2, 0.25) is 0 Å². The van der Waals surface area contributed by atoms with E-state index in [0.717, 1.165) is 10.0 Å². The Hall–Kier alpha value is -1.77. The fourth-order valence-electron chi connectivity index (χ4n) is 2.62. The highest BCUT2D eigenvalue weighted by Gasteiger charge is 2.29. The lowest BCUT2D eigenvalue weighted by molar-refractivity contribution is 0.101. The van der Waals surface area contributed by atoms with Crippen molar-refractivity contribution in [2.45, 2.75) is 18.7 Å². The Balaban J connectivity index is 1.71. The molecule has 1 saturated heterocycles. The van der Waals surface area contributed by atoms with Crippen LogP contribution in [0.1, 0.15) is 22.2 Å². The van der Waals surface area contributed by atoms with E-state index in [1.165, 1.54) is 23.4 Å². The molecule has 1 aromatic heterocycles. The SMILES string of the molecule is CC(=O)c1ccc(S(=O)(=O)N2CCN(c3ncc(C)s3)CC2)cc1. The third kappa shape index (κ3) is 3.35. The van der Waals surface area contributed by atoms with Crippen molar-refractivity contribution in [2.75, 3.05) is 31.1 Å². The number of carbonyl (C=O) groups is 1. The molecule has 0 atom stereocenters. The third-order valence-electron chi connectivity index (χ3n) is 4.02. The van der Waals surface area contributed by atoms with E-state index in [2.05, 4.69) is 9.88 Å². The molecule has 6 nitrogen and oxygen atoms in total. The molecule has 0 bridgehead atoms. The average molecular weight is 365 g/mol. The number of nitrogens with zero attached hydrogens (tertiary/aromatic N) is 3. The van der Waals surface area contributed by atoms with Crippen molar-refractivity contribution in [1.82, 2.24) is 9.29 Å². The van der Waals surface area contributed by atoms with Crippen molar-refractivity contribution in [3.63, 3.8) is 0 Å². The lowest BCUT2D eigenvalue weighted by atomic mass is 10.2. The number of aromatic nitrogens is 1. The van der Waals surface area contributed by atoms with Crippen molar-refractivity contribution in [1.29, 1.82) is 0 Å². The summed E-state index contributed by atoms with van der Waals surface area (Å²) in [5.74, 6) is -0.0775. The lowest BCUT2D eigenvalue weighted by Gasteiger charge is -2.33. The van der Waals surface area contributed by atoms with Crippen LogP contribution < -0.4 is 4.90 Å². The summed E-state index contributed by atoms with van der Waals surface area (Å²) in [6, 6.07) is 6.12. The number of carbonyl (C=O) groups excluding carboxylic acids is 1. The number of anilines is 1. The molecule has 1 fully saturated rings. The molecular weight excluding hydrogens is 346 g/mol. The summed E-state index contributed by atoms with van der Waals surface area (Å²) in [5.41, 5.74) is 0.512. The molecule has 0 radical (unpaired) electrons. The second-order valence-corrected chi connectivity index (χ2v) is 8.88. The first-order chi connectivity index (χ1) is 11.4. The Morgan fingerprint density at radius 2 is 1.75 bits per heavy atom. The van der Waals surface area contributed by atoms with E-state index in [1.54, 1.807) is 23.5 Å². The summed E-state index contributed by atoms with van der Waals surface area (Å²) < 4.78 is 26.9. The molecule has 0 N–H and O–H groups in total. The third-order valence-corrected chi connectivity index (χ3v) is 6.90. The second-order valence-electron chi connectivity index (χ2n) is 5.73. The van der Waals surface area contributed by atoms with Crippen LogP contribution in [0.25, 0.3) is 0 Å². The van der Waals surface area contributed by atoms with Gasteiger partial charge >= 0.3 is 0 Å². The highest BCUT2D eigenvalue weighted by molar-refractivity contribution is 7.89. The Morgan fingerprint density at radius 3 is 2.25 bits per heavy atom. The van der Waals surface area contributed by atoms with Crippen molar-refractivity contribution >= 4 is 32.3 Å². The maximum absolute atomic E-state index is 12.7. The maximum Gasteiger partial charge on any atom is 0.243 e. The topological polar surface area (TPSA) is 70.6 Å². The van der Waals surface area contributed by atoms with E-state index >= 15 is 0 Å². The molecule has 0 saturated carbocycles. The van der Waals surface area contributed by atoms with Gasteiger partial charge in [0.05, 0.1) is 4.90 Å². The molecule has 24 heavy (non-hydrogen) atoms. The number of rotatable bonds is 4. The van der Waals surface area contributed by atoms with Gasteiger partial charge in [-0.1, -0.05) is 12.1 Å². The first-order valence-electron chi connectivity index (χ1n) is 7.66. The molecule has 0 unspecified atom stereocenters. The normalized spacial score (nSPS) is 16.3. The first-order valence-corrected chi connectivity index (χ1v) is 9.92. The van der Waals surface area contributed by atoms with Gasteiger partial charge in [0, 0.05) is 42.8 Å². The van der Waals surface area contributed by atoms with Gasteiger partial charge in [-0.05, 0) is 26.0 Å². The van der Waals surface area contributed by atoms with E-state index < -0.39 is 10.0 Å². The van der Waals surface area contributed by atoms with Crippen LogP contribution in [-0.2, 0) is 10.0 Å². The molecular formula is C16H19N3O3S2. The molecule has 3 rings (SSSR count). The largest absolute Gasteiger partial charge is 0.345 e. The number of hydrogen-bond donors (Lipinski definition) is 0. The number of sulfonamides is 1. The van der Waals surface area contributed by atoms with Crippen LogP contribution in [0.5, 0.6) is 0 Å². The summed E-state index contributed by atoms with van der Waals surface area (Å²) in [6.07, 6.45) is 1.83. The van der Waals surface area contributed by atoms with Crippen LogP contribution in [-0.4, -0.2) is 49.7 Å². The zero-order chi connectivity index (χ0) is 17.3. The Kier molecular flexibility index (Phi) is 4.71. The van der Waals surface area contributed by atoms with Gasteiger partial charge < -0.3 is 4.90 Å². The number of hydrogen-bond acceptors (Lipinski definition) is 6. The van der Waals surface area contributed by atoms with Gasteiger partial charge in [0.15, 0.2) is 10.9 Å². The summed E-state index contributed by atoms with van der Waals surface area (Å²) in [4.78, 5) is 19.2. The quantitative estimate of drug-likeness (QED) is 0.777. The van der Waals surface area contributed by atoms with Crippen molar-refractivity contribution < 1.29 is 13.2 Å². The average Bonchev–Trinajstić information content (AvgIpc) is 3.01. The zero-order valence-electron chi connectivity index (χ0n) is 13.6. The van der Waals surface area contributed by atoms with E-state index in [4.69, 9.17) is 0 Å². The number of aryl methyl sites for hydroxylation is 1. The van der Waals surface area contributed by atoms with Crippen molar-refractivity contribution in [2.24, 2.45) is 0 Å². The molecule has 1 aliphatic rings. The molecule has 128 valence electrons. The molecule has 1 aliphatic heterocycles.